The molecule has 0 aromatic heterocycles. The van der Waals surface area contributed by atoms with Gasteiger partial charge in [-0.2, -0.15) is 0 Å². The van der Waals surface area contributed by atoms with Gasteiger partial charge in [-0.25, -0.2) is 4.57 Å². The molecule has 13 nitrogen and oxygen atoms in total. The van der Waals surface area contributed by atoms with Crippen LogP contribution in [0, 0.1) is 5.92 Å². The lowest BCUT2D eigenvalue weighted by atomic mass is 9.84. The van der Waals surface area contributed by atoms with E-state index >= 15 is 0 Å². The summed E-state index contributed by atoms with van der Waals surface area (Å²) in [5, 5.41) is 60.7. The topological polar surface area (TPSA) is 232 Å². The highest BCUT2D eigenvalue weighted by molar-refractivity contribution is 7.46. The molecule has 0 bridgehead atoms. The lowest BCUT2D eigenvalue weighted by Crippen LogP contribution is -2.65. The molecule has 1 aliphatic rings. The molecule has 8 atom stereocenters. The van der Waals surface area contributed by atoms with Crippen molar-refractivity contribution in [3.63, 3.8) is 0 Å². The maximum Gasteiger partial charge on any atom is 0.470 e. The molecule has 0 aliphatic heterocycles. The quantitative estimate of drug-likeness (QED) is 0.0216. The van der Waals surface area contributed by atoms with Gasteiger partial charge in [-0.1, -0.05) is 167 Å². The van der Waals surface area contributed by atoms with Crippen molar-refractivity contribution in [1.29, 1.82) is 0 Å². The van der Waals surface area contributed by atoms with E-state index in [4.69, 9.17) is 9.84 Å². The molecule has 8 unspecified atom stereocenters. The molecule has 0 saturated heterocycles. The van der Waals surface area contributed by atoms with Crippen LogP contribution in [-0.2, 0) is 23.4 Å². The van der Waals surface area contributed by atoms with Crippen molar-refractivity contribution in [1.82, 2.24) is 0 Å². The van der Waals surface area contributed by atoms with Gasteiger partial charge in [0, 0.05) is 6.42 Å². The predicted octanol–water partition coefficient (Wildman–Crippen LogP) is 8.57. The predicted molar refractivity (Wildman–Crippen MR) is 217 cm³/mol. The van der Waals surface area contributed by atoms with Gasteiger partial charge < -0.3 is 45.2 Å². The van der Waals surface area contributed by atoms with E-state index in [0.717, 1.165) is 96.3 Å². The molecule has 0 aromatic rings. The van der Waals surface area contributed by atoms with E-state index in [1.807, 2.05) is 0 Å². The van der Waals surface area contributed by atoms with Gasteiger partial charge in [0.15, 0.2) is 0 Å². The molecule has 0 spiro atoms. The lowest BCUT2D eigenvalue weighted by molar-refractivity contribution is -0.242. The van der Waals surface area contributed by atoms with E-state index in [2.05, 4.69) is 11.4 Å². The van der Waals surface area contributed by atoms with Gasteiger partial charge in [0.1, 0.15) is 36.6 Å². The van der Waals surface area contributed by atoms with Crippen LogP contribution in [0.3, 0.4) is 0 Å². The normalized spacial score (nSPS) is 22.6. The van der Waals surface area contributed by atoms with Crippen molar-refractivity contribution in [2.45, 2.75) is 249 Å². The Kier molecular flexibility index (Phi) is 30.8. The van der Waals surface area contributed by atoms with Gasteiger partial charge in [0.2, 0.25) is 0 Å². The van der Waals surface area contributed by atoms with E-state index in [-0.39, 0.29) is 12.3 Å². The summed E-state index contributed by atoms with van der Waals surface area (Å²) >= 11 is 0. The molecular weight excluding hydrogens is 743 g/mol. The number of carboxylic acids is 2. The zero-order chi connectivity index (χ0) is 41.6. The van der Waals surface area contributed by atoms with Crippen LogP contribution in [0.1, 0.15) is 206 Å². The van der Waals surface area contributed by atoms with E-state index < -0.39 is 62.5 Å². The highest BCUT2D eigenvalue weighted by Crippen LogP contribution is 2.42. The second-order valence-electron chi connectivity index (χ2n) is 16.4. The highest BCUT2D eigenvalue weighted by atomic mass is 31.2. The first-order valence-corrected chi connectivity index (χ1v) is 23.9. The maximum absolute atomic E-state index is 11.9. The standard InChI is InChI=1S/C42H81O13P/c1-2-3-4-5-15-19-25-30-34(54-40-37(46)36(45)38(47)41(39(40)48)55-56(51,52)53)31-26-22-21-24-29-33(42(49)50)28-23-18-16-13-11-9-7-6-8-10-12-14-17-20-27-32-35(43)44/h33-34,36-41,45-48H,2-32H2,1H3,(H,43,44)(H,49,50)(H2,51,52,53). The summed E-state index contributed by atoms with van der Waals surface area (Å²) in [5.74, 6) is -1.77. The number of hydrogen-bond donors (Lipinski definition) is 8. The number of aliphatic hydroxyl groups excluding tert-OH is 4. The molecule has 14 heteroatoms. The number of phosphoric acid groups is 1. The minimum atomic E-state index is -5.13. The first-order chi connectivity index (χ1) is 26.8. The van der Waals surface area contributed by atoms with Gasteiger partial charge in [-0.15, -0.1) is 0 Å². The summed E-state index contributed by atoms with van der Waals surface area (Å²) < 4.78 is 22.2. The molecule has 0 radical (unpaired) electrons. The number of carbonyl (C=O) groups is 2. The van der Waals surface area contributed by atoms with Gasteiger partial charge >= 0.3 is 19.8 Å². The Labute approximate surface area is 337 Å². The van der Waals surface area contributed by atoms with Crippen LogP contribution < -0.4 is 0 Å². The molecule has 56 heavy (non-hydrogen) atoms. The fourth-order valence-corrected chi connectivity index (χ4v) is 8.50. The summed E-state index contributed by atoms with van der Waals surface area (Å²) in [4.78, 5) is 41.1. The maximum atomic E-state index is 11.9. The number of ether oxygens (including phenoxy) is 1. The second kappa shape index (κ2) is 32.7. The first-order valence-electron chi connectivity index (χ1n) is 22.3. The van der Waals surface area contributed by atoms with Crippen LogP contribution >= 0.6 is 7.82 Å². The lowest BCUT2D eigenvalue weighted by Gasteiger charge is -2.44. The molecular formula is C42H81O13P. The van der Waals surface area contributed by atoms with Crippen molar-refractivity contribution in [3.8, 4) is 0 Å². The van der Waals surface area contributed by atoms with Gasteiger partial charge in [-0.3, -0.25) is 14.1 Å². The summed E-state index contributed by atoms with van der Waals surface area (Å²) in [6.45, 7) is 2.17. The van der Waals surface area contributed by atoms with Crippen LogP contribution in [0.15, 0.2) is 0 Å². The third-order valence-electron chi connectivity index (χ3n) is 11.4. The molecule has 1 rings (SSSR count). The molecule has 0 aromatic carbocycles. The minimum Gasteiger partial charge on any atom is -0.481 e. The van der Waals surface area contributed by atoms with Crippen LogP contribution in [-0.4, -0.2) is 95.1 Å². The van der Waals surface area contributed by atoms with Crippen LogP contribution in [0.25, 0.3) is 0 Å². The minimum absolute atomic E-state index is 0.284. The smallest absolute Gasteiger partial charge is 0.470 e. The summed E-state index contributed by atoms with van der Waals surface area (Å²) in [6, 6.07) is 0. The van der Waals surface area contributed by atoms with Crippen LogP contribution in [0.4, 0.5) is 0 Å². The van der Waals surface area contributed by atoms with Crippen LogP contribution in [0.5, 0.6) is 0 Å². The van der Waals surface area contributed by atoms with Gasteiger partial charge in [-0.05, 0) is 32.1 Å². The molecule has 8 N–H and O–H groups in total. The van der Waals surface area contributed by atoms with Crippen molar-refractivity contribution in [3.05, 3.63) is 0 Å². The Morgan fingerprint density at radius 1 is 0.500 bits per heavy atom. The summed E-state index contributed by atoms with van der Waals surface area (Å²) in [5.41, 5.74) is 0. The fraction of sp³-hybridized carbons (Fsp3) is 0.952. The van der Waals surface area contributed by atoms with Crippen molar-refractivity contribution in [2.24, 2.45) is 5.92 Å². The third-order valence-corrected chi connectivity index (χ3v) is 11.9. The average molecular weight is 825 g/mol. The van der Waals surface area contributed by atoms with Crippen molar-refractivity contribution in [2.75, 3.05) is 0 Å². The van der Waals surface area contributed by atoms with Gasteiger partial charge in [0.25, 0.3) is 0 Å². The monoisotopic (exact) mass is 825 g/mol. The Morgan fingerprint density at radius 3 is 1.23 bits per heavy atom. The Balaban J connectivity index is 2.35. The van der Waals surface area contributed by atoms with E-state index in [1.165, 1.54) is 70.6 Å². The highest BCUT2D eigenvalue weighted by Gasteiger charge is 2.52. The number of phosphoric ester groups is 1. The number of rotatable bonds is 38. The molecule has 332 valence electrons. The van der Waals surface area contributed by atoms with Crippen molar-refractivity contribution >= 4 is 19.8 Å². The first kappa shape index (κ1) is 52.9. The summed E-state index contributed by atoms with van der Waals surface area (Å²) in [6.07, 6.45) is 20.1. The fourth-order valence-electron chi connectivity index (χ4n) is 7.93. The zero-order valence-corrected chi connectivity index (χ0v) is 35.5. The van der Waals surface area contributed by atoms with E-state index in [1.54, 1.807) is 0 Å². The number of carboxylic acid groups (broad SMARTS) is 2. The number of aliphatic hydroxyl groups is 4. The van der Waals surface area contributed by atoms with Crippen LogP contribution in [0.2, 0.25) is 0 Å². The summed E-state index contributed by atoms with van der Waals surface area (Å²) in [7, 11) is -5.13. The Bertz CT molecular complexity index is 1030. The third kappa shape index (κ3) is 26.1. The SMILES string of the molecule is CCCCCCCCCC(CCCCCCC(CCCCCCCCCCCCCCCCCC(=O)O)C(=O)O)OC1C(O)C(O)C(O)C(OP(=O)(O)O)C1O. The largest absolute Gasteiger partial charge is 0.481 e. The molecule has 0 amide bonds. The van der Waals surface area contributed by atoms with E-state index in [0.29, 0.717) is 25.7 Å². The van der Waals surface area contributed by atoms with Gasteiger partial charge in [0.05, 0.1) is 12.0 Å². The number of hydrogen-bond acceptors (Lipinski definition) is 9. The molecule has 0 heterocycles. The molecule has 1 fully saturated rings. The molecule has 1 aliphatic carbocycles. The Hall–Kier alpha value is -1.15. The van der Waals surface area contributed by atoms with Crippen molar-refractivity contribution < 1.29 is 63.8 Å². The second-order valence-corrected chi connectivity index (χ2v) is 17.6. The Morgan fingerprint density at radius 2 is 0.857 bits per heavy atom. The zero-order valence-electron chi connectivity index (χ0n) is 34.6. The van der Waals surface area contributed by atoms with E-state index in [9.17, 15) is 49.5 Å². The molecule has 1 saturated carbocycles. The average Bonchev–Trinajstić information content (AvgIpc) is 3.14. The number of unbranched alkanes of at least 4 members (excludes halogenated alkanes) is 23. The number of aliphatic carboxylic acids is 2.